The molecule has 1 unspecified atom stereocenters. The van der Waals surface area contributed by atoms with Gasteiger partial charge in [0.2, 0.25) is 0 Å². The maximum atomic E-state index is 12.2. The lowest BCUT2D eigenvalue weighted by Crippen LogP contribution is -2.30. The molecule has 1 N–H and O–H groups in total. The van der Waals surface area contributed by atoms with E-state index in [1.54, 1.807) is 6.92 Å². The van der Waals surface area contributed by atoms with E-state index in [1.165, 1.54) is 18.4 Å². The van der Waals surface area contributed by atoms with Crippen LogP contribution in [0.1, 0.15) is 43.2 Å². The topological polar surface area (TPSA) is 12.0 Å². The van der Waals surface area contributed by atoms with Crippen LogP contribution in [0.25, 0.3) is 0 Å². The average Bonchev–Trinajstić information content (AvgIpc) is 3.08. The van der Waals surface area contributed by atoms with Gasteiger partial charge < -0.3 is 5.32 Å². The summed E-state index contributed by atoms with van der Waals surface area (Å²) in [7, 11) is 0. The van der Waals surface area contributed by atoms with Crippen LogP contribution in [-0.2, 0) is 6.54 Å². The summed E-state index contributed by atoms with van der Waals surface area (Å²) in [5.74, 6) is 0.626. The monoisotopic (exact) mass is 257 g/mol. The molecular formula is C14H18F3N. The van der Waals surface area contributed by atoms with Gasteiger partial charge in [-0.3, -0.25) is 0 Å². The molecule has 1 nitrogen and oxygen atoms in total. The highest BCUT2D eigenvalue weighted by atomic mass is 19.4. The first-order chi connectivity index (χ1) is 8.46. The normalized spacial score (nSPS) is 17.8. The second-order valence-corrected chi connectivity index (χ2v) is 5.07. The van der Waals surface area contributed by atoms with Crippen LogP contribution in [0.15, 0.2) is 24.3 Å². The van der Waals surface area contributed by atoms with Crippen LogP contribution in [0.2, 0.25) is 0 Å². The molecular weight excluding hydrogens is 239 g/mol. The van der Waals surface area contributed by atoms with Gasteiger partial charge in [0, 0.05) is 12.6 Å². The van der Waals surface area contributed by atoms with E-state index in [0.29, 0.717) is 12.5 Å². The number of halogens is 3. The van der Waals surface area contributed by atoms with Gasteiger partial charge in [0.05, 0.1) is 6.42 Å². The van der Waals surface area contributed by atoms with Gasteiger partial charge in [-0.15, -0.1) is 0 Å². The molecule has 0 aliphatic heterocycles. The molecule has 0 bridgehead atoms. The third-order valence-electron chi connectivity index (χ3n) is 3.25. The van der Waals surface area contributed by atoms with E-state index in [1.807, 2.05) is 18.2 Å². The highest BCUT2D eigenvalue weighted by molar-refractivity contribution is 5.33. The van der Waals surface area contributed by atoms with Crippen molar-refractivity contribution in [3.8, 4) is 0 Å². The summed E-state index contributed by atoms with van der Waals surface area (Å²) in [6, 6.07) is 7.48. The zero-order valence-electron chi connectivity index (χ0n) is 10.4. The molecule has 1 aliphatic rings. The number of hydrogen-bond acceptors (Lipinski definition) is 1. The largest absolute Gasteiger partial charge is 0.390 e. The molecule has 0 spiro atoms. The number of benzene rings is 1. The highest BCUT2D eigenvalue weighted by Crippen LogP contribution is 2.41. The SMILES string of the molecule is CC(CC(F)(F)F)NCc1ccccc1C1CC1. The van der Waals surface area contributed by atoms with Crippen molar-refractivity contribution >= 4 is 0 Å². The molecule has 0 saturated heterocycles. The van der Waals surface area contributed by atoms with Gasteiger partial charge in [0.1, 0.15) is 0 Å². The molecule has 0 heterocycles. The molecule has 1 aromatic rings. The number of nitrogens with one attached hydrogen (secondary N) is 1. The summed E-state index contributed by atoms with van der Waals surface area (Å²) in [5, 5.41) is 2.96. The number of alkyl halides is 3. The molecule has 4 heteroatoms. The number of hydrogen-bond donors (Lipinski definition) is 1. The van der Waals surface area contributed by atoms with Crippen LogP contribution >= 0.6 is 0 Å². The fraction of sp³-hybridized carbons (Fsp3) is 0.571. The van der Waals surface area contributed by atoms with Crippen molar-refractivity contribution in [1.29, 1.82) is 0 Å². The van der Waals surface area contributed by atoms with Crippen molar-refractivity contribution in [1.82, 2.24) is 5.32 Å². The van der Waals surface area contributed by atoms with Crippen molar-refractivity contribution in [2.45, 2.75) is 50.9 Å². The Morgan fingerprint density at radius 2 is 1.94 bits per heavy atom. The van der Waals surface area contributed by atoms with Gasteiger partial charge in [-0.25, -0.2) is 0 Å². The Morgan fingerprint density at radius 1 is 1.28 bits per heavy atom. The summed E-state index contributed by atoms with van der Waals surface area (Å²) in [4.78, 5) is 0. The molecule has 0 amide bonds. The second-order valence-electron chi connectivity index (χ2n) is 5.07. The minimum Gasteiger partial charge on any atom is -0.310 e. The molecule has 1 atom stereocenters. The van der Waals surface area contributed by atoms with E-state index in [9.17, 15) is 13.2 Å². The minimum absolute atomic E-state index is 0.518. The Bertz CT molecular complexity index is 396. The van der Waals surface area contributed by atoms with Crippen molar-refractivity contribution in [2.24, 2.45) is 0 Å². The van der Waals surface area contributed by atoms with Gasteiger partial charge in [-0.1, -0.05) is 24.3 Å². The Balaban J connectivity index is 1.90. The fourth-order valence-electron chi connectivity index (χ4n) is 2.19. The first-order valence-corrected chi connectivity index (χ1v) is 6.33. The van der Waals surface area contributed by atoms with E-state index >= 15 is 0 Å². The van der Waals surface area contributed by atoms with E-state index in [0.717, 1.165) is 5.56 Å². The predicted molar refractivity (Wildman–Crippen MR) is 65.4 cm³/mol. The van der Waals surface area contributed by atoms with Crippen molar-refractivity contribution in [2.75, 3.05) is 0 Å². The van der Waals surface area contributed by atoms with Crippen LogP contribution in [0.3, 0.4) is 0 Å². The molecule has 2 rings (SSSR count). The molecule has 1 saturated carbocycles. The zero-order chi connectivity index (χ0) is 13.2. The second kappa shape index (κ2) is 5.31. The highest BCUT2D eigenvalue weighted by Gasteiger charge is 2.30. The predicted octanol–water partition coefficient (Wildman–Crippen LogP) is 3.99. The lowest BCUT2D eigenvalue weighted by Gasteiger charge is -2.17. The quantitative estimate of drug-likeness (QED) is 0.840. The van der Waals surface area contributed by atoms with Crippen LogP contribution in [0, 0.1) is 0 Å². The van der Waals surface area contributed by atoms with Gasteiger partial charge >= 0.3 is 6.18 Å². The molecule has 100 valence electrons. The fourth-order valence-corrected chi connectivity index (χ4v) is 2.19. The standard InChI is InChI=1S/C14H18F3N/c1-10(8-14(15,16)17)18-9-12-4-2-3-5-13(12)11-6-7-11/h2-5,10-11,18H,6-9H2,1H3. The lowest BCUT2D eigenvalue weighted by atomic mass is 10.0. The van der Waals surface area contributed by atoms with Gasteiger partial charge in [0.25, 0.3) is 0 Å². The Morgan fingerprint density at radius 3 is 2.56 bits per heavy atom. The first kappa shape index (κ1) is 13.4. The van der Waals surface area contributed by atoms with Gasteiger partial charge in [-0.2, -0.15) is 13.2 Å². The van der Waals surface area contributed by atoms with Crippen molar-refractivity contribution in [3.63, 3.8) is 0 Å². The lowest BCUT2D eigenvalue weighted by molar-refractivity contribution is -0.139. The minimum atomic E-state index is -4.09. The smallest absolute Gasteiger partial charge is 0.310 e. The van der Waals surface area contributed by atoms with Gasteiger partial charge in [-0.05, 0) is 36.8 Å². The van der Waals surface area contributed by atoms with E-state index in [4.69, 9.17) is 0 Å². The van der Waals surface area contributed by atoms with Gasteiger partial charge in [0.15, 0.2) is 0 Å². The maximum Gasteiger partial charge on any atom is 0.390 e. The third-order valence-corrected chi connectivity index (χ3v) is 3.25. The average molecular weight is 257 g/mol. The number of rotatable bonds is 5. The van der Waals surface area contributed by atoms with Crippen LogP contribution in [0.4, 0.5) is 13.2 Å². The summed E-state index contributed by atoms with van der Waals surface area (Å²) in [6.07, 6.45) is -2.47. The van der Waals surface area contributed by atoms with E-state index in [2.05, 4.69) is 11.4 Å². The third kappa shape index (κ3) is 4.02. The van der Waals surface area contributed by atoms with Crippen molar-refractivity contribution in [3.05, 3.63) is 35.4 Å². The Hall–Kier alpha value is -1.03. The summed E-state index contributed by atoms with van der Waals surface area (Å²) < 4.78 is 36.6. The van der Waals surface area contributed by atoms with Crippen LogP contribution in [-0.4, -0.2) is 12.2 Å². The summed E-state index contributed by atoms with van der Waals surface area (Å²) in [5.41, 5.74) is 2.43. The molecule has 1 aliphatic carbocycles. The van der Waals surface area contributed by atoms with Crippen LogP contribution in [0.5, 0.6) is 0 Å². The molecule has 0 aromatic heterocycles. The molecule has 1 aromatic carbocycles. The van der Waals surface area contributed by atoms with E-state index < -0.39 is 18.6 Å². The first-order valence-electron chi connectivity index (χ1n) is 6.33. The Labute approximate surface area is 105 Å². The zero-order valence-corrected chi connectivity index (χ0v) is 10.4. The van der Waals surface area contributed by atoms with E-state index in [-0.39, 0.29) is 0 Å². The molecule has 18 heavy (non-hydrogen) atoms. The molecule has 0 radical (unpaired) electrons. The maximum absolute atomic E-state index is 12.2. The van der Waals surface area contributed by atoms with Crippen LogP contribution < -0.4 is 5.32 Å². The summed E-state index contributed by atoms with van der Waals surface area (Å²) in [6.45, 7) is 2.09. The summed E-state index contributed by atoms with van der Waals surface area (Å²) >= 11 is 0. The van der Waals surface area contributed by atoms with Crippen molar-refractivity contribution < 1.29 is 13.2 Å². The Kier molecular flexibility index (Phi) is 3.95. The molecule has 1 fully saturated rings.